The molecule has 0 aromatic rings. The summed E-state index contributed by atoms with van der Waals surface area (Å²) in [5.41, 5.74) is 0.317. The Hall–Kier alpha value is -0.0400. The molecule has 3 unspecified atom stereocenters. The van der Waals surface area contributed by atoms with Crippen LogP contribution in [0.25, 0.3) is 0 Å². The zero-order chi connectivity index (χ0) is 12.2. The van der Waals surface area contributed by atoms with Gasteiger partial charge in [0.2, 0.25) is 0 Å². The first kappa shape index (κ1) is 14.0. The molecule has 1 heteroatoms. The molecule has 1 nitrogen and oxygen atoms in total. The lowest BCUT2D eigenvalue weighted by Gasteiger charge is -2.28. The molecule has 0 aliphatic heterocycles. The average molecular weight is 226 g/mol. The van der Waals surface area contributed by atoms with E-state index in [4.69, 9.17) is 0 Å². The highest BCUT2D eigenvalue weighted by Crippen LogP contribution is 2.34. The van der Waals surface area contributed by atoms with Crippen molar-refractivity contribution in [1.82, 2.24) is 0 Å². The van der Waals surface area contributed by atoms with Crippen LogP contribution in [0.4, 0.5) is 0 Å². The van der Waals surface area contributed by atoms with Gasteiger partial charge in [-0.25, -0.2) is 0 Å². The molecule has 1 aliphatic carbocycles. The lowest BCUT2D eigenvalue weighted by molar-refractivity contribution is 0.0868. The van der Waals surface area contributed by atoms with E-state index < -0.39 is 0 Å². The van der Waals surface area contributed by atoms with Crippen LogP contribution in [0.5, 0.6) is 0 Å². The van der Waals surface area contributed by atoms with E-state index in [9.17, 15) is 5.11 Å². The fourth-order valence-corrected chi connectivity index (χ4v) is 3.00. The molecule has 0 radical (unpaired) electrons. The number of hydrogen-bond donors (Lipinski definition) is 1. The molecule has 0 amide bonds. The van der Waals surface area contributed by atoms with Crippen LogP contribution in [-0.2, 0) is 0 Å². The van der Waals surface area contributed by atoms with E-state index in [-0.39, 0.29) is 6.10 Å². The maximum atomic E-state index is 10.1. The van der Waals surface area contributed by atoms with Crippen molar-refractivity contribution >= 4 is 0 Å². The van der Waals surface area contributed by atoms with Crippen molar-refractivity contribution in [2.45, 2.75) is 78.7 Å². The molecule has 0 saturated heterocycles. The summed E-state index contributed by atoms with van der Waals surface area (Å²) >= 11 is 0. The fraction of sp³-hybridized carbons (Fsp3) is 1.00. The van der Waals surface area contributed by atoms with Crippen LogP contribution in [-0.4, -0.2) is 11.2 Å². The van der Waals surface area contributed by atoms with E-state index >= 15 is 0 Å². The van der Waals surface area contributed by atoms with E-state index in [1.165, 1.54) is 32.1 Å². The molecule has 1 saturated carbocycles. The quantitative estimate of drug-likeness (QED) is 0.649. The van der Waals surface area contributed by atoms with E-state index in [0.717, 1.165) is 18.8 Å². The Morgan fingerprint density at radius 1 is 1.00 bits per heavy atom. The second-order valence-electron chi connectivity index (χ2n) is 6.94. The summed E-state index contributed by atoms with van der Waals surface area (Å²) in [4.78, 5) is 0. The van der Waals surface area contributed by atoms with Gasteiger partial charge in [-0.05, 0) is 36.5 Å². The first-order chi connectivity index (χ1) is 7.39. The van der Waals surface area contributed by atoms with Crippen molar-refractivity contribution < 1.29 is 5.11 Å². The SMILES string of the molecule is CC1CCCC(C)CC(O)CC(C)(C)CC1. The predicted molar refractivity (Wildman–Crippen MR) is 70.4 cm³/mol. The van der Waals surface area contributed by atoms with Crippen molar-refractivity contribution in [2.75, 3.05) is 0 Å². The van der Waals surface area contributed by atoms with Crippen molar-refractivity contribution in [2.24, 2.45) is 17.3 Å². The van der Waals surface area contributed by atoms with Gasteiger partial charge in [-0.2, -0.15) is 0 Å². The topological polar surface area (TPSA) is 20.2 Å². The highest BCUT2D eigenvalue weighted by atomic mass is 16.3. The summed E-state index contributed by atoms with van der Waals surface area (Å²) in [7, 11) is 0. The Balaban J connectivity index is 2.57. The Kier molecular flexibility index (Phi) is 5.30. The molecule has 1 N–H and O–H groups in total. The molecular weight excluding hydrogens is 196 g/mol. The van der Waals surface area contributed by atoms with Gasteiger partial charge in [0.25, 0.3) is 0 Å². The van der Waals surface area contributed by atoms with Crippen LogP contribution >= 0.6 is 0 Å². The van der Waals surface area contributed by atoms with Gasteiger partial charge in [-0.1, -0.05) is 53.4 Å². The molecule has 0 heterocycles. The minimum absolute atomic E-state index is 0.0848. The fourth-order valence-electron chi connectivity index (χ4n) is 3.00. The Bertz CT molecular complexity index is 198. The van der Waals surface area contributed by atoms with Crippen LogP contribution in [0.15, 0.2) is 0 Å². The Labute approximate surface area is 102 Å². The Morgan fingerprint density at radius 2 is 1.62 bits per heavy atom. The van der Waals surface area contributed by atoms with Crippen molar-refractivity contribution in [1.29, 1.82) is 0 Å². The third-order valence-corrected chi connectivity index (χ3v) is 4.17. The number of aliphatic hydroxyl groups is 1. The van der Waals surface area contributed by atoms with Gasteiger partial charge in [0.1, 0.15) is 0 Å². The molecule has 0 bridgehead atoms. The standard InChI is InChI=1S/C15H30O/c1-12-6-5-7-13(2)10-14(16)11-15(3,4)9-8-12/h12-14,16H,5-11H2,1-4H3. The van der Waals surface area contributed by atoms with Crippen LogP contribution in [0.1, 0.15) is 72.6 Å². The minimum atomic E-state index is -0.0848. The zero-order valence-corrected chi connectivity index (χ0v) is 11.6. The van der Waals surface area contributed by atoms with Gasteiger partial charge in [0, 0.05) is 0 Å². The summed E-state index contributed by atoms with van der Waals surface area (Å²) in [6, 6.07) is 0. The molecule has 0 spiro atoms. The molecule has 1 rings (SSSR count). The maximum Gasteiger partial charge on any atom is 0.0547 e. The lowest BCUT2D eigenvalue weighted by Crippen LogP contribution is -2.22. The molecule has 16 heavy (non-hydrogen) atoms. The smallest absolute Gasteiger partial charge is 0.0547 e. The van der Waals surface area contributed by atoms with Crippen LogP contribution < -0.4 is 0 Å². The molecular formula is C15H30O. The maximum absolute atomic E-state index is 10.1. The van der Waals surface area contributed by atoms with Gasteiger partial charge >= 0.3 is 0 Å². The van der Waals surface area contributed by atoms with E-state index in [2.05, 4.69) is 27.7 Å². The molecule has 0 aromatic carbocycles. The second kappa shape index (κ2) is 6.05. The van der Waals surface area contributed by atoms with Crippen LogP contribution in [0.2, 0.25) is 0 Å². The zero-order valence-electron chi connectivity index (χ0n) is 11.6. The molecule has 0 aromatic heterocycles. The molecule has 1 aliphatic rings. The lowest BCUT2D eigenvalue weighted by atomic mass is 9.79. The Morgan fingerprint density at radius 3 is 2.31 bits per heavy atom. The summed E-state index contributed by atoms with van der Waals surface area (Å²) in [5.74, 6) is 1.55. The van der Waals surface area contributed by atoms with Gasteiger partial charge in [-0.15, -0.1) is 0 Å². The second-order valence-corrected chi connectivity index (χ2v) is 6.94. The number of hydrogen-bond acceptors (Lipinski definition) is 1. The van der Waals surface area contributed by atoms with Crippen molar-refractivity contribution in [3.05, 3.63) is 0 Å². The molecule has 3 atom stereocenters. The van der Waals surface area contributed by atoms with Gasteiger partial charge < -0.3 is 5.11 Å². The third-order valence-electron chi connectivity index (χ3n) is 4.17. The first-order valence-electron chi connectivity index (χ1n) is 7.07. The summed E-state index contributed by atoms with van der Waals surface area (Å²) in [6.07, 6.45) is 8.49. The summed E-state index contributed by atoms with van der Waals surface area (Å²) < 4.78 is 0. The highest BCUT2D eigenvalue weighted by Gasteiger charge is 2.24. The summed E-state index contributed by atoms with van der Waals surface area (Å²) in [5, 5.41) is 10.1. The normalized spacial score (nSPS) is 37.7. The largest absolute Gasteiger partial charge is 0.393 e. The van der Waals surface area contributed by atoms with Gasteiger partial charge in [0.15, 0.2) is 0 Å². The number of aliphatic hydroxyl groups excluding tert-OH is 1. The van der Waals surface area contributed by atoms with Gasteiger partial charge in [0.05, 0.1) is 6.10 Å². The van der Waals surface area contributed by atoms with Crippen molar-refractivity contribution in [3.63, 3.8) is 0 Å². The first-order valence-corrected chi connectivity index (χ1v) is 7.07. The minimum Gasteiger partial charge on any atom is -0.393 e. The average Bonchev–Trinajstić information content (AvgIpc) is 2.14. The van der Waals surface area contributed by atoms with Crippen molar-refractivity contribution in [3.8, 4) is 0 Å². The van der Waals surface area contributed by atoms with E-state index in [0.29, 0.717) is 11.3 Å². The van der Waals surface area contributed by atoms with E-state index in [1.54, 1.807) is 0 Å². The van der Waals surface area contributed by atoms with E-state index in [1.807, 2.05) is 0 Å². The molecule has 96 valence electrons. The van der Waals surface area contributed by atoms with Gasteiger partial charge in [-0.3, -0.25) is 0 Å². The predicted octanol–water partition coefficient (Wildman–Crippen LogP) is 4.39. The highest BCUT2D eigenvalue weighted by molar-refractivity contribution is 4.76. The van der Waals surface area contributed by atoms with Crippen LogP contribution in [0, 0.1) is 17.3 Å². The molecule has 1 fully saturated rings. The third kappa shape index (κ3) is 5.34. The number of rotatable bonds is 0. The summed E-state index contributed by atoms with van der Waals surface area (Å²) in [6.45, 7) is 9.30. The monoisotopic (exact) mass is 226 g/mol. The van der Waals surface area contributed by atoms with Crippen LogP contribution in [0.3, 0.4) is 0 Å².